The quantitative estimate of drug-likeness (QED) is 0.314. The van der Waals surface area contributed by atoms with Crippen molar-refractivity contribution >= 4 is 34.1 Å². The van der Waals surface area contributed by atoms with E-state index in [1.54, 1.807) is 48.5 Å². The first-order valence-electron chi connectivity index (χ1n) is 6.51. The van der Waals surface area contributed by atoms with Gasteiger partial charge in [0.05, 0.1) is 11.3 Å². The van der Waals surface area contributed by atoms with Gasteiger partial charge in [0.15, 0.2) is 4.32 Å². The maximum absolute atomic E-state index is 12.0. The van der Waals surface area contributed by atoms with Crippen LogP contribution in [0.2, 0.25) is 0 Å². The van der Waals surface area contributed by atoms with Gasteiger partial charge in [0.25, 0.3) is 0 Å². The number of hydrogen-bond donors (Lipinski definition) is 0. The zero-order valence-corrected chi connectivity index (χ0v) is 13.2. The molecule has 8 heteroatoms. The van der Waals surface area contributed by atoms with Gasteiger partial charge in [-0.1, -0.05) is 42.0 Å². The largest absolute Gasteiger partial charge is 0.423 e. The molecule has 0 spiro atoms. The number of esters is 1. The number of halogens is 1. The molecule has 0 aliphatic heterocycles. The van der Waals surface area contributed by atoms with Gasteiger partial charge in [0.2, 0.25) is 5.82 Å². The first-order chi connectivity index (χ1) is 11.1. The lowest BCUT2D eigenvalue weighted by atomic mass is 10.2. The van der Waals surface area contributed by atoms with Crippen molar-refractivity contribution < 1.29 is 9.53 Å². The molecule has 0 radical (unpaired) electrons. The van der Waals surface area contributed by atoms with Gasteiger partial charge in [-0.2, -0.15) is 0 Å². The molecule has 0 fully saturated rings. The second-order valence-electron chi connectivity index (χ2n) is 4.43. The van der Waals surface area contributed by atoms with E-state index in [4.69, 9.17) is 28.6 Å². The molecule has 6 nitrogen and oxygen atoms in total. The van der Waals surface area contributed by atoms with Gasteiger partial charge in [-0.15, -0.1) is 15.0 Å². The van der Waals surface area contributed by atoms with E-state index in [9.17, 15) is 4.79 Å². The first kappa shape index (κ1) is 15.3. The van der Waals surface area contributed by atoms with Crippen LogP contribution in [0, 0.1) is 0 Å². The van der Waals surface area contributed by atoms with Crippen LogP contribution in [-0.4, -0.2) is 30.5 Å². The van der Waals surface area contributed by atoms with Crippen molar-refractivity contribution in [2.45, 2.75) is 0 Å². The Balaban J connectivity index is 1.76. The number of hydrogen-bond acceptors (Lipinski definition) is 6. The Morgan fingerprint density at radius 3 is 2.39 bits per heavy atom. The SMILES string of the molecule is O=C(Oc1ccccc1)c1ccc(-n2nnc(C(=S)Cl)n2)cc1. The Hall–Kier alpha value is -2.64. The second-order valence-corrected chi connectivity index (χ2v) is 5.44. The molecule has 23 heavy (non-hydrogen) atoms. The minimum absolute atomic E-state index is 0.0410. The summed E-state index contributed by atoms with van der Waals surface area (Å²) >= 11 is 10.4. The molecule has 0 amide bonds. The van der Waals surface area contributed by atoms with Crippen LogP contribution < -0.4 is 4.74 Å². The fraction of sp³-hybridized carbons (Fsp3) is 0. The van der Waals surface area contributed by atoms with Crippen molar-refractivity contribution in [2.24, 2.45) is 0 Å². The third-order valence-corrected chi connectivity index (χ3v) is 3.23. The highest BCUT2D eigenvalue weighted by Gasteiger charge is 2.11. The number of carbonyl (C=O) groups is 1. The molecule has 0 saturated heterocycles. The maximum Gasteiger partial charge on any atom is 0.343 e. The molecule has 1 heterocycles. The lowest BCUT2D eigenvalue weighted by Crippen LogP contribution is -2.09. The van der Waals surface area contributed by atoms with Gasteiger partial charge in [-0.05, 0) is 41.6 Å². The van der Waals surface area contributed by atoms with Crippen LogP contribution in [0.3, 0.4) is 0 Å². The van der Waals surface area contributed by atoms with Crippen molar-refractivity contribution in [2.75, 3.05) is 0 Å². The number of nitrogens with zero attached hydrogens (tertiary/aromatic N) is 4. The molecule has 1 aromatic heterocycles. The van der Waals surface area contributed by atoms with Gasteiger partial charge < -0.3 is 4.74 Å². The summed E-state index contributed by atoms with van der Waals surface area (Å²) in [5, 5.41) is 11.6. The Morgan fingerprint density at radius 1 is 1.09 bits per heavy atom. The molecule has 0 bridgehead atoms. The summed E-state index contributed by atoms with van der Waals surface area (Å²) in [5.41, 5.74) is 1.03. The van der Waals surface area contributed by atoms with Crippen LogP contribution in [0.4, 0.5) is 0 Å². The van der Waals surface area contributed by atoms with Crippen molar-refractivity contribution in [3.05, 3.63) is 66.0 Å². The van der Waals surface area contributed by atoms with Gasteiger partial charge in [-0.3, -0.25) is 0 Å². The maximum atomic E-state index is 12.0. The van der Waals surface area contributed by atoms with Crippen LogP contribution in [0.25, 0.3) is 5.69 Å². The molecular formula is C15H9ClN4O2S. The van der Waals surface area contributed by atoms with E-state index in [-0.39, 0.29) is 10.1 Å². The van der Waals surface area contributed by atoms with E-state index in [1.807, 2.05) is 6.07 Å². The molecular weight excluding hydrogens is 336 g/mol. The monoisotopic (exact) mass is 344 g/mol. The molecule has 0 atom stereocenters. The number of aromatic nitrogens is 4. The van der Waals surface area contributed by atoms with Crippen molar-refractivity contribution in [3.63, 3.8) is 0 Å². The van der Waals surface area contributed by atoms with Crippen LogP contribution in [-0.2, 0) is 0 Å². The first-order valence-corrected chi connectivity index (χ1v) is 7.29. The Morgan fingerprint density at radius 2 is 1.78 bits per heavy atom. The van der Waals surface area contributed by atoms with E-state index in [2.05, 4.69) is 15.4 Å². The fourth-order valence-electron chi connectivity index (χ4n) is 1.79. The normalized spacial score (nSPS) is 10.3. The summed E-state index contributed by atoms with van der Waals surface area (Å²) in [6, 6.07) is 15.4. The molecule has 2 aromatic carbocycles. The van der Waals surface area contributed by atoms with Crippen molar-refractivity contribution in [1.29, 1.82) is 0 Å². The summed E-state index contributed by atoms with van der Waals surface area (Å²) in [6.07, 6.45) is 0. The van der Waals surface area contributed by atoms with Gasteiger partial charge >= 0.3 is 5.97 Å². The third-order valence-electron chi connectivity index (χ3n) is 2.88. The minimum atomic E-state index is -0.447. The topological polar surface area (TPSA) is 69.9 Å². The van der Waals surface area contributed by atoms with Gasteiger partial charge in [0, 0.05) is 0 Å². The zero-order chi connectivity index (χ0) is 16.2. The lowest BCUT2D eigenvalue weighted by molar-refractivity contribution is 0.0735. The number of benzene rings is 2. The van der Waals surface area contributed by atoms with Crippen LogP contribution >= 0.6 is 23.8 Å². The number of tetrazole rings is 1. The van der Waals surface area contributed by atoms with Crippen LogP contribution in [0.1, 0.15) is 16.2 Å². The minimum Gasteiger partial charge on any atom is -0.423 e. The third kappa shape index (κ3) is 3.58. The van der Waals surface area contributed by atoms with Gasteiger partial charge in [-0.25, -0.2) is 4.79 Å². The van der Waals surface area contributed by atoms with Crippen molar-refractivity contribution in [1.82, 2.24) is 20.2 Å². The highest BCUT2D eigenvalue weighted by atomic mass is 35.5. The average molecular weight is 345 g/mol. The predicted molar refractivity (Wildman–Crippen MR) is 88.1 cm³/mol. The standard InChI is InChI=1S/C15H9ClN4O2S/c16-13(23)14-17-19-20(18-14)11-8-6-10(7-9-11)15(21)22-12-4-2-1-3-5-12/h1-9H. The molecule has 114 valence electrons. The van der Waals surface area contributed by atoms with E-state index in [1.165, 1.54) is 4.80 Å². The molecule has 0 N–H and O–H groups in total. The highest BCUT2D eigenvalue weighted by Crippen LogP contribution is 2.13. The van der Waals surface area contributed by atoms with Crippen LogP contribution in [0.5, 0.6) is 5.75 Å². The smallest absolute Gasteiger partial charge is 0.343 e. The van der Waals surface area contributed by atoms with Crippen LogP contribution in [0.15, 0.2) is 54.6 Å². The van der Waals surface area contributed by atoms with Gasteiger partial charge in [0.1, 0.15) is 5.75 Å². The summed E-state index contributed by atoms with van der Waals surface area (Å²) in [6.45, 7) is 0. The van der Waals surface area contributed by atoms with Crippen molar-refractivity contribution in [3.8, 4) is 11.4 Å². The van der Waals surface area contributed by atoms with E-state index < -0.39 is 5.97 Å². The molecule has 0 aliphatic carbocycles. The Labute approximate surface area is 141 Å². The summed E-state index contributed by atoms with van der Waals surface area (Å²) in [5.74, 6) is 0.214. The lowest BCUT2D eigenvalue weighted by Gasteiger charge is -2.04. The molecule has 3 aromatic rings. The van der Waals surface area contributed by atoms with E-state index in [0.717, 1.165) is 0 Å². The number of carbonyl (C=O) groups excluding carboxylic acids is 1. The Bertz CT molecular complexity index is 849. The predicted octanol–water partition coefficient (Wildman–Crippen LogP) is 2.80. The number of ether oxygens (including phenoxy) is 1. The summed E-state index contributed by atoms with van der Waals surface area (Å²) < 4.78 is 5.30. The molecule has 0 saturated carbocycles. The molecule has 0 aliphatic rings. The molecule has 0 unspecified atom stereocenters. The average Bonchev–Trinajstić information content (AvgIpc) is 3.06. The highest BCUT2D eigenvalue weighted by molar-refractivity contribution is 7.83. The number of rotatable bonds is 4. The molecule has 3 rings (SSSR count). The zero-order valence-electron chi connectivity index (χ0n) is 11.6. The number of thiocarbonyl (C=S) groups is 1. The summed E-state index contributed by atoms with van der Waals surface area (Å²) in [4.78, 5) is 13.3. The second kappa shape index (κ2) is 6.64. The Kier molecular flexibility index (Phi) is 4.40. The summed E-state index contributed by atoms with van der Waals surface area (Å²) in [7, 11) is 0. The van der Waals surface area contributed by atoms with E-state index >= 15 is 0 Å². The fourth-order valence-corrected chi connectivity index (χ4v) is 1.95. The van der Waals surface area contributed by atoms with E-state index in [0.29, 0.717) is 17.0 Å². The number of para-hydroxylation sites is 1.